The number of halogens is 1. The Morgan fingerprint density at radius 3 is 2.92 bits per heavy atom. The first kappa shape index (κ1) is 17.6. The molecule has 0 aliphatic carbocycles. The molecule has 0 radical (unpaired) electrons. The molecule has 1 aliphatic heterocycles. The fourth-order valence-corrected chi connectivity index (χ4v) is 3.33. The zero-order valence-electron chi connectivity index (χ0n) is 15.1. The number of nitrogens with zero attached hydrogens (tertiary/aromatic N) is 3. The lowest BCUT2D eigenvalue weighted by molar-refractivity contribution is 0.217. The van der Waals surface area contributed by atoms with Crippen LogP contribution in [0.3, 0.4) is 0 Å². The zero-order valence-corrected chi connectivity index (χ0v) is 15.1. The summed E-state index contributed by atoms with van der Waals surface area (Å²) in [5, 5.41) is 3.32. The fraction of sp³-hybridized carbons (Fsp3) is 0.474. The molecule has 3 rings (SSSR count). The Balaban J connectivity index is 1.72. The Labute approximate surface area is 148 Å². The maximum atomic E-state index is 14.2. The molecule has 1 unspecified atom stereocenters. The number of aryl methyl sites for hydroxylation is 1. The van der Waals surface area contributed by atoms with Crippen molar-refractivity contribution < 1.29 is 9.13 Å². The number of rotatable bonds is 5. The number of likely N-dealkylation sites (tertiary alicyclic amines) is 1. The van der Waals surface area contributed by atoms with Crippen LogP contribution in [-0.2, 0) is 0 Å². The quantitative estimate of drug-likeness (QED) is 0.901. The molecule has 1 aromatic heterocycles. The molecule has 1 atom stereocenters. The van der Waals surface area contributed by atoms with Crippen LogP contribution in [0.25, 0.3) is 11.1 Å². The van der Waals surface area contributed by atoms with E-state index in [0.29, 0.717) is 28.7 Å². The number of piperidine rings is 1. The second kappa shape index (κ2) is 7.78. The van der Waals surface area contributed by atoms with Crippen molar-refractivity contribution in [2.45, 2.75) is 19.8 Å². The molecule has 5 nitrogen and oxygen atoms in total. The number of methoxy groups -OCH3 is 1. The smallest absolute Gasteiger partial charge is 0.222 e. The van der Waals surface area contributed by atoms with Gasteiger partial charge in [-0.25, -0.2) is 14.4 Å². The lowest BCUT2D eigenvalue weighted by Crippen LogP contribution is -2.35. The maximum absolute atomic E-state index is 14.2. The van der Waals surface area contributed by atoms with Gasteiger partial charge in [-0.05, 0) is 57.5 Å². The predicted octanol–water partition coefficient (Wildman–Crippen LogP) is 3.35. The molecular formula is C19H25FN4O. The van der Waals surface area contributed by atoms with Crippen molar-refractivity contribution in [2.75, 3.05) is 39.1 Å². The molecule has 0 amide bonds. The van der Waals surface area contributed by atoms with E-state index in [2.05, 4.69) is 27.2 Å². The van der Waals surface area contributed by atoms with Crippen LogP contribution in [0.4, 0.5) is 10.3 Å². The largest absolute Gasteiger partial charge is 0.497 e. The number of aromatic nitrogens is 2. The average Bonchev–Trinajstić information content (AvgIpc) is 2.61. The third-order valence-electron chi connectivity index (χ3n) is 4.71. The van der Waals surface area contributed by atoms with Crippen molar-refractivity contribution in [3.8, 4) is 16.9 Å². The van der Waals surface area contributed by atoms with E-state index < -0.39 is 0 Å². The van der Waals surface area contributed by atoms with Gasteiger partial charge in [0, 0.05) is 30.4 Å². The highest BCUT2D eigenvalue weighted by Crippen LogP contribution is 2.28. The van der Waals surface area contributed by atoms with Gasteiger partial charge in [0.2, 0.25) is 5.95 Å². The van der Waals surface area contributed by atoms with Crippen molar-refractivity contribution in [3.63, 3.8) is 0 Å². The van der Waals surface area contributed by atoms with Gasteiger partial charge in [0.15, 0.2) is 0 Å². The van der Waals surface area contributed by atoms with E-state index in [9.17, 15) is 4.39 Å². The lowest BCUT2D eigenvalue weighted by Gasteiger charge is -2.29. The van der Waals surface area contributed by atoms with Crippen molar-refractivity contribution >= 4 is 5.95 Å². The average molecular weight is 344 g/mol. The molecule has 1 N–H and O–H groups in total. The van der Waals surface area contributed by atoms with Gasteiger partial charge in [0.1, 0.15) is 11.6 Å². The highest BCUT2D eigenvalue weighted by atomic mass is 19.1. The van der Waals surface area contributed by atoms with Gasteiger partial charge in [0.05, 0.1) is 12.8 Å². The van der Waals surface area contributed by atoms with Gasteiger partial charge < -0.3 is 15.0 Å². The summed E-state index contributed by atoms with van der Waals surface area (Å²) >= 11 is 0. The normalized spacial score (nSPS) is 18.2. The minimum absolute atomic E-state index is 0.307. The first-order valence-electron chi connectivity index (χ1n) is 8.67. The minimum Gasteiger partial charge on any atom is -0.497 e. The summed E-state index contributed by atoms with van der Waals surface area (Å²) in [5.74, 6) is 1.51. The monoisotopic (exact) mass is 344 g/mol. The zero-order chi connectivity index (χ0) is 17.8. The Bertz CT molecular complexity index is 737. The molecule has 25 heavy (non-hydrogen) atoms. The van der Waals surface area contributed by atoms with E-state index in [1.54, 1.807) is 25.4 Å². The van der Waals surface area contributed by atoms with Crippen LogP contribution in [0, 0.1) is 18.7 Å². The number of nitrogens with one attached hydrogen (secondary N) is 1. The van der Waals surface area contributed by atoms with E-state index in [1.807, 2.05) is 6.92 Å². The summed E-state index contributed by atoms with van der Waals surface area (Å²) in [6.45, 7) is 5.00. The van der Waals surface area contributed by atoms with Crippen molar-refractivity contribution in [1.29, 1.82) is 0 Å². The highest BCUT2D eigenvalue weighted by molar-refractivity contribution is 5.67. The number of ether oxygens (including phenoxy) is 1. The predicted molar refractivity (Wildman–Crippen MR) is 97.4 cm³/mol. The molecule has 0 bridgehead atoms. The molecule has 1 saturated heterocycles. The van der Waals surface area contributed by atoms with Crippen molar-refractivity contribution in [2.24, 2.45) is 5.92 Å². The Morgan fingerprint density at radius 2 is 2.20 bits per heavy atom. The van der Waals surface area contributed by atoms with Crippen LogP contribution in [0.1, 0.15) is 18.5 Å². The van der Waals surface area contributed by atoms with Crippen molar-refractivity contribution in [3.05, 3.63) is 35.9 Å². The van der Waals surface area contributed by atoms with E-state index in [-0.39, 0.29) is 5.82 Å². The summed E-state index contributed by atoms with van der Waals surface area (Å²) in [4.78, 5) is 11.2. The van der Waals surface area contributed by atoms with E-state index >= 15 is 0 Å². The summed E-state index contributed by atoms with van der Waals surface area (Å²) in [6.07, 6.45) is 4.13. The van der Waals surface area contributed by atoms with Gasteiger partial charge >= 0.3 is 0 Å². The maximum Gasteiger partial charge on any atom is 0.222 e. The number of benzene rings is 1. The molecule has 1 aromatic carbocycles. The number of anilines is 1. The fourth-order valence-electron chi connectivity index (χ4n) is 3.33. The van der Waals surface area contributed by atoms with Gasteiger partial charge in [-0.1, -0.05) is 0 Å². The van der Waals surface area contributed by atoms with Crippen LogP contribution in [0.5, 0.6) is 5.75 Å². The third-order valence-corrected chi connectivity index (χ3v) is 4.71. The number of hydrogen-bond donors (Lipinski definition) is 1. The second-order valence-corrected chi connectivity index (χ2v) is 6.69. The van der Waals surface area contributed by atoms with Gasteiger partial charge in [-0.3, -0.25) is 0 Å². The Kier molecular flexibility index (Phi) is 5.48. The van der Waals surface area contributed by atoms with E-state index in [4.69, 9.17) is 4.74 Å². The molecule has 2 heterocycles. The Hall–Kier alpha value is -2.21. The molecular weight excluding hydrogens is 319 g/mol. The van der Waals surface area contributed by atoms with Gasteiger partial charge in [-0.2, -0.15) is 0 Å². The summed E-state index contributed by atoms with van der Waals surface area (Å²) in [5.41, 5.74) is 1.88. The highest BCUT2D eigenvalue weighted by Gasteiger charge is 2.17. The first-order chi connectivity index (χ1) is 12.1. The van der Waals surface area contributed by atoms with Crippen LogP contribution in [0.2, 0.25) is 0 Å². The van der Waals surface area contributed by atoms with Crippen LogP contribution >= 0.6 is 0 Å². The minimum atomic E-state index is -0.307. The van der Waals surface area contributed by atoms with Crippen LogP contribution < -0.4 is 10.1 Å². The van der Waals surface area contributed by atoms with Crippen LogP contribution in [-0.4, -0.2) is 48.7 Å². The summed E-state index contributed by atoms with van der Waals surface area (Å²) < 4.78 is 19.4. The molecule has 0 spiro atoms. The second-order valence-electron chi connectivity index (χ2n) is 6.69. The molecule has 1 fully saturated rings. The lowest BCUT2D eigenvalue weighted by atomic mass is 9.99. The van der Waals surface area contributed by atoms with Gasteiger partial charge in [0.25, 0.3) is 0 Å². The molecule has 6 heteroatoms. The van der Waals surface area contributed by atoms with Gasteiger partial charge in [-0.15, -0.1) is 0 Å². The first-order valence-corrected chi connectivity index (χ1v) is 8.67. The molecule has 2 aromatic rings. The molecule has 134 valence electrons. The number of hydrogen-bond acceptors (Lipinski definition) is 5. The Morgan fingerprint density at radius 1 is 1.36 bits per heavy atom. The molecule has 1 aliphatic rings. The topological polar surface area (TPSA) is 50.3 Å². The standard InChI is InChI=1S/C19H25FN4O/c1-13-17(16-9-15(25-3)6-7-18(16)20)11-22-19(23-13)21-10-14-5-4-8-24(2)12-14/h6-7,9,11,14H,4-5,8,10,12H2,1-3H3,(H,21,22,23). The van der Waals surface area contributed by atoms with E-state index in [1.165, 1.54) is 25.5 Å². The molecule has 0 saturated carbocycles. The third kappa shape index (κ3) is 4.25. The van der Waals surface area contributed by atoms with E-state index in [0.717, 1.165) is 18.8 Å². The summed E-state index contributed by atoms with van der Waals surface area (Å²) in [6, 6.07) is 4.68. The van der Waals surface area contributed by atoms with Crippen molar-refractivity contribution in [1.82, 2.24) is 14.9 Å². The summed E-state index contributed by atoms with van der Waals surface area (Å²) in [7, 11) is 3.72. The SMILES string of the molecule is COc1ccc(F)c(-c2cnc(NCC3CCCN(C)C3)nc2C)c1. The van der Waals surface area contributed by atoms with Crippen LogP contribution in [0.15, 0.2) is 24.4 Å².